The van der Waals surface area contributed by atoms with Crippen molar-refractivity contribution >= 4 is 28.9 Å². The fraction of sp³-hybridized carbons (Fsp3) is 0.800. The number of thiol groups is 1. The molecule has 0 heterocycles. The number of aryl methyl sites for hydroxylation is 1. The van der Waals surface area contributed by atoms with E-state index >= 15 is 0 Å². The number of hydrogen-bond acceptors (Lipinski definition) is 4. The molecule has 0 saturated heterocycles. The van der Waals surface area contributed by atoms with E-state index in [9.17, 15) is 9.79 Å². The Morgan fingerprint density at radius 1 is 0.632 bits per heavy atom. The molecule has 1 unspecified atom stereocenters. The summed E-state index contributed by atoms with van der Waals surface area (Å²) in [5.41, 5.74) is -0.760. The molecule has 228 valence electrons. The van der Waals surface area contributed by atoms with Crippen LogP contribution in [0.2, 0.25) is 0 Å². The van der Waals surface area contributed by atoms with Crippen molar-refractivity contribution in [3.05, 3.63) is 29.3 Å². The summed E-state index contributed by atoms with van der Waals surface area (Å²) < 4.78 is 0. The lowest BCUT2D eigenvalue weighted by molar-refractivity contribution is -0.170. The Morgan fingerprint density at radius 3 is 1.39 bits per heavy atom. The summed E-state index contributed by atoms with van der Waals surface area (Å²) in [7, 11) is 1.06. The normalized spacial score (nSPS) is 12.1. The second kappa shape index (κ2) is 28.5. The highest BCUT2D eigenvalue weighted by atomic mass is 32.9. The zero-order valence-corrected chi connectivity index (χ0v) is 27.7. The van der Waals surface area contributed by atoms with Gasteiger partial charge in [0.2, 0.25) is 21.5 Å². The van der Waals surface area contributed by atoms with Crippen LogP contribution in [0.5, 0.6) is 0 Å². The first-order chi connectivity index (χ1) is 17.0. The SMILES string of the molecule is CCCCCCCCCCCCc1cccc([S+]=P([O-])(O)S)c1CCCCCCCCCCCC.N.N.N. The van der Waals surface area contributed by atoms with Gasteiger partial charge in [-0.1, -0.05) is 154 Å². The van der Waals surface area contributed by atoms with Gasteiger partial charge in [-0.25, -0.2) is 0 Å². The zero-order chi connectivity index (χ0) is 25.6. The van der Waals surface area contributed by atoms with E-state index in [1.165, 1.54) is 140 Å². The van der Waals surface area contributed by atoms with Gasteiger partial charge < -0.3 is 28.2 Å². The van der Waals surface area contributed by atoms with Gasteiger partial charge in [0.25, 0.3) is 0 Å². The van der Waals surface area contributed by atoms with Crippen molar-refractivity contribution in [1.29, 1.82) is 0 Å². The van der Waals surface area contributed by atoms with Gasteiger partial charge in [-0.2, -0.15) is 0 Å². The predicted molar refractivity (Wildman–Crippen MR) is 176 cm³/mol. The molecule has 10 N–H and O–H groups in total. The van der Waals surface area contributed by atoms with Crippen LogP contribution in [-0.2, 0) is 23.8 Å². The van der Waals surface area contributed by atoms with Gasteiger partial charge in [-0.05, 0) is 31.2 Å². The van der Waals surface area contributed by atoms with Crippen molar-refractivity contribution in [3.8, 4) is 0 Å². The van der Waals surface area contributed by atoms with E-state index in [4.69, 9.17) is 0 Å². The Balaban J connectivity index is -0.00000408. The topological polar surface area (TPSA) is 148 Å². The quantitative estimate of drug-likeness (QED) is 0.0370. The van der Waals surface area contributed by atoms with Crippen molar-refractivity contribution in [2.45, 2.75) is 160 Å². The van der Waals surface area contributed by atoms with Crippen LogP contribution in [0.15, 0.2) is 23.1 Å². The van der Waals surface area contributed by atoms with Crippen LogP contribution in [0.4, 0.5) is 0 Å². The average Bonchev–Trinajstić information content (AvgIpc) is 2.81. The standard InChI is InChI=1S/C30H55O2PS2.3H3N/c1-3-5-7-9-11-13-15-17-19-21-24-28-25-23-27-30(35-33(31,32)34)29(28)26-22-20-18-16-14-12-10-8-6-4-2;;;/h23,25,27H,3-22,24,26H2,1-2H3,(H2-,31,32,34);3*1H3. The Kier molecular flexibility index (Phi) is 31.9. The Labute approximate surface area is 245 Å². The molecular weight excluding hydrogens is 529 g/mol. The third-order valence-corrected chi connectivity index (χ3v) is 9.88. The lowest BCUT2D eigenvalue weighted by Gasteiger charge is -2.11. The van der Waals surface area contributed by atoms with E-state index in [1.54, 1.807) is 0 Å². The van der Waals surface area contributed by atoms with Crippen LogP contribution < -0.4 is 23.3 Å². The molecule has 1 rings (SSSR count). The first-order valence-corrected chi connectivity index (χ1v) is 19.1. The van der Waals surface area contributed by atoms with Crippen molar-refractivity contribution < 1.29 is 9.79 Å². The smallest absolute Gasteiger partial charge is 0.242 e. The zero-order valence-electron chi connectivity index (χ0n) is 25.1. The maximum Gasteiger partial charge on any atom is 0.242 e. The largest absolute Gasteiger partial charge is 0.756 e. The number of unbranched alkanes of at least 4 members (excludes halogenated alkanes) is 18. The van der Waals surface area contributed by atoms with Gasteiger partial charge in [-0.3, -0.25) is 0 Å². The lowest BCUT2D eigenvalue weighted by atomic mass is 9.96. The summed E-state index contributed by atoms with van der Waals surface area (Å²) in [5.74, 6) is 0. The molecular formula is C30H64N3O2PS2. The molecule has 0 aliphatic heterocycles. The van der Waals surface area contributed by atoms with E-state index < -0.39 is 5.69 Å². The average molecular weight is 594 g/mol. The van der Waals surface area contributed by atoms with Crippen molar-refractivity contribution in [2.24, 2.45) is 0 Å². The number of rotatable bonds is 23. The Hall–Kier alpha value is 0.0200. The number of benzene rings is 1. The molecule has 0 aromatic heterocycles. The van der Waals surface area contributed by atoms with Gasteiger partial charge in [0.1, 0.15) is 0 Å². The molecule has 0 fully saturated rings. The predicted octanol–water partition coefficient (Wildman–Crippen LogP) is 10.5. The monoisotopic (exact) mass is 593 g/mol. The fourth-order valence-corrected chi connectivity index (χ4v) is 7.75. The first-order valence-electron chi connectivity index (χ1n) is 14.8. The van der Waals surface area contributed by atoms with E-state index in [0.29, 0.717) is 0 Å². The molecule has 0 saturated carbocycles. The van der Waals surface area contributed by atoms with Gasteiger partial charge >= 0.3 is 0 Å². The molecule has 5 nitrogen and oxygen atoms in total. The highest BCUT2D eigenvalue weighted by Crippen LogP contribution is 2.40. The summed E-state index contributed by atoms with van der Waals surface area (Å²) >= 11 is 3.94. The first kappa shape index (κ1) is 42.5. The molecule has 38 heavy (non-hydrogen) atoms. The maximum absolute atomic E-state index is 12.0. The summed E-state index contributed by atoms with van der Waals surface area (Å²) in [6.07, 6.45) is 28.9. The van der Waals surface area contributed by atoms with E-state index in [-0.39, 0.29) is 18.5 Å². The van der Waals surface area contributed by atoms with E-state index in [0.717, 1.165) is 28.7 Å². The minimum Gasteiger partial charge on any atom is -0.756 e. The van der Waals surface area contributed by atoms with Crippen LogP contribution in [0.3, 0.4) is 0 Å². The molecule has 0 amide bonds. The second-order valence-corrected chi connectivity index (χ2v) is 16.4. The van der Waals surface area contributed by atoms with Gasteiger partial charge in [0, 0.05) is 11.6 Å². The Morgan fingerprint density at radius 2 is 1.00 bits per heavy atom. The third kappa shape index (κ3) is 23.9. The molecule has 0 bridgehead atoms. The van der Waals surface area contributed by atoms with Crippen molar-refractivity contribution in [2.75, 3.05) is 0 Å². The summed E-state index contributed by atoms with van der Waals surface area (Å²) in [4.78, 5) is 22.9. The van der Waals surface area contributed by atoms with Crippen LogP contribution >= 0.6 is 17.9 Å². The van der Waals surface area contributed by atoms with Gasteiger partial charge in [-0.15, -0.1) is 0 Å². The minimum atomic E-state index is -3.44. The second-order valence-electron chi connectivity index (χ2n) is 10.3. The Bertz CT molecular complexity index is 694. The van der Waals surface area contributed by atoms with Crippen molar-refractivity contribution in [3.63, 3.8) is 0 Å². The summed E-state index contributed by atoms with van der Waals surface area (Å²) in [6.45, 7) is 4.55. The van der Waals surface area contributed by atoms with Crippen LogP contribution in [0.25, 0.3) is 0 Å². The summed E-state index contributed by atoms with van der Waals surface area (Å²) in [6, 6.07) is 6.31. The van der Waals surface area contributed by atoms with Crippen LogP contribution in [0.1, 0.15) is 153 Å². The van der Waals surface area contributed by atoms with Crippen molar-refractivity contribution in [1.82, 2.24) is 18.5 Å². The van der Waals surface area contributed by atoms with E-state index in [2.05, 4.69) is 38.2 Å². The highest BCUT2D eigenvalue weighted by Gasteiger charge is 2.18. The third-order valence-electron chi connectivity index (χ3n) is 7.03. The molecule has 0 spiro atoms. The van der Waals surface area contributed by atoms with Crippen LogP contribution in [0, 0.1) is 0 Å². The maximum atomic E-state index is 12.0. The molecule has 8 heteroatoms. The van der Waals surface area contributed by atoms with E-state index in [1.807, 2.05) is 6.07 Å². The number of hydrogen-bond donors (Lipinski definition) is 5. The lowest BCUT2D eigenvalue weighted by Crippen LogP contribution is -2.01. The minimum absolute atomic E-state index is 0. The molecule has 1 aromatic rings. The van der Waals surface area contributed by atoms with Gasteiger partial charge in [0.05, 0.1) is 0 Å². The molecule has 1 atom stereocenters. The molecule has 0 aliphatic carbocycles. The highest BCUT2D eigenvalue weighted by molar-refractivity contribution is 8.61. The molecule has 0 radical (unpaired) electrons. The molecule has 0 aliphatic rings. The van der Waals surface area contributed by atoms with Gasteiger partial charge in [0.15, 0.2) is 0 Å². The van der Waals surface area contributed by atoms with Crippen LogP contribution in [-0.4, -0.2) is 4.89 Å². The summed E-state index contributed by atoms with van der Waals surface area (Å²) in [5, 5.41) is 0. The molecule has 1 aromatic carbocycles. The fourth-order valence-electron chi connectivity index (χ4n) is 4.93.